The third-order valence-electron chi connectivity index (χ3n) is 3.55. The van der Waals surface area contributed by atoms with Crippen molar-refractivity contribution in [2.24, 2.45) is 0 Å². The summed E-state index contributed by atoms with van der Waals surface area (Å²) in [6.45, 7) is 10.7. The molecule has 1 aliphatic rings. The molecule has 0 unspecified atom stereocenters. The van der Waals surface area contributed by atoms with E-state index in [0.29, 0.717) is 5.92 Å². The van der Waals surface area contributed by atoms with Crippen LogP contribution in [0.2, 0.25) is 0 Å². The first-order chi connectivity index (χ1) is 9.22. The standard InChI is InChI=1S/C15H26N4/c1-4-7-16-10-13-14(19-8-5-6-9-19)11-17-15(18-13)12(2)3/h11-12,16H,4-10H2,1-3H3. The van der Waals surface area contributed by atoms with Crippen molar-refractivity contribution in [3.8, 4) is 0 Å². The molecule has 0 radical (unpaired) electrons. The highest BCUT2D eigenvalue weighted by atomic mass is 15.2. The summed E-state index contributed by atoms with van der Waals surface area (Å²) in [4.78, 5) is 11.7. The molecule has 1 fully saturated rings. The Hall–Kier alpha value is -1.16. The molecule has 0 atom stereocenters. The molecule has 1 N–H and O–H groups in total. The maximum atomic E-state index is 4.77. The van der Waals surface area contributed by atoms with Gasteiger partial charge < -0.3 is 10.2 Å². The molecule has 1 aliphatic heterocycles. The highest BCUT2D eigenvalue weighted by Crippen LogP contribution is 2.24. The predicted molar refractivity (Wildman–Crippen MR) is 79.6 cm³/mol. The summed E-state index contributed by atoms with van der Waals surface area (Å²) in [6, 6.07) is 0. The van der Waals surface area contributed by atoms with Gasteiger partial charge in [-0.1, -0.05) is 20.8 Å². The van der Waals surface area contributed by atoms with Gasteiger partial charge in [-0.3, -0.25) is 0 Å². The summed E-state index contributed by atoms with van der Waals surface area (Å²) < 4.78 is 0. The molecular formula is C15H26N4. The average Bonchev–Trinajstić information content (AvgIpc) is 2.92. The lowest BCUT2D eigenvalue weighted by Crippen LogP contribution is -2.24. The first-order valence-corrected chi connectivity index (χ1v) is 7.53. The van der Waals surface area contributed by atoms with E-state index in [9.17, 15) is 0 Å². The summed E-state index contributed by atoms with van der Waals surface area (Å²) in [6.07, 6.45) is 5.75. The van der Waals surface area contributed by atoms with Crippen LogP contribution in [0.25, 0.3) is 0 Å². The molecule has 19 heavy (non-hydrogen) atoms. The lowest BCUT2D eigenvalue weighted by molar-refractivity contribution is 0.650. The molecule has 0 bridgehead atoms. The van der Waals surface area contributed by atoms with Crippen molar-refractivity contribution in [1.29, 1.82) is 0 Å². The van der Waals surface area contributed by atoms with E-state index in [4.69, 9.17) is 4.98 Å². The molecule has 2 heterocycles. The summed E-state index contributed by atoms with van der Waals surface area (Å²) >= 11 is 0. The van der Waals surface area contributed by atoms with Crippen LogP contribution >= 0.6 is 0 Å². The number of hydrogen-bond donors (Lipinski definition) is 1. The van der Waals surface area contributed by atoms with Gasteiger partial charge in [0.25, 0.3) is 0 Å². The molecule has 0 spiro atoms. The van der Waals surface area contributed by atoms with Crippen molar-refractivity contribution in [3.05, 3.63) is 17.7 Å². The molecule has 2 rings (SSSR count). The maximum absolute atomic E-state index is 4.77. The van der Waals surface area contributed by atoms with E-state index >= 15 is 0 Å². The second-order valence-corrected chi connectivity index (χ2v) is 5.59. The zero-order valence-corrected chi connectivity index (χ0v) is 12.4. The van der Waals surface area contributed by atoms with Gasteiger partial charge in [0.2, 0.25) is 0 Å². The second kappa shape index (κ2) is 6.85. The van der Waals surface area contributed by atoms with Gasteiger partial charge in [-0.2, -0.15) is 0 Å². The fourth-order valence-electron chi connectivity index (χ4n) is 2.44. The molecule has 0 amide bonds. The van der Waals surface area contributed by atoms with Crippen LogP contribution in [-0.4, -0.2) is 29.6 Å². The van der Waals surface area contributed by atoms with E-state index in [1.165, 1.54) is 18.5 Å². The summed E-state index contributed by atoms with van der Waals surface area (Å²) in [5.74, 6) is 1.34. The normalized spacial score (nSPS) is 15.5. The molecule has 0 saturated carbocycles. The zero-order chi connectivity index (χ0) is 13.7. The number of hydrogen-bond acceptors (Lipinski definition) is 4. The van der Waals surface area contributed by atoms with E-state index in [1.807, 2.05) is 6.20 Å². The van der Waals surface area contributed by atoms with Crippen LogP contribution in [0.4, 0.5) is 5.69 Å². The van der Waals surface area contributed by atoms with Gasteiger partial charge in [0, 0.05) is 25.6 Å². The van der Waals surface area contributed by atoms with Crippen LogP contribution in [-0.2, 0) is 6.54 Å². The molecular weight excluding hydrogens is 236 g/mol. The summed E-state index contributed by atoms with van der Waals surface area (Å²) in [5, 5.41) is 3.46. The van der Waals surface area contributed by atoms with Crippen molar-refractivity contribution < 1.29 is 0 Å². The number of anilines is 1. The largest absolute Gasteiger partial charge is 0.369 e. The molecule has 1 saturated heterocycles. The van der Waals surface area contributed by atoms with Crippen LogP contribution in [0.5, 0.6) is 0 Å². The Kier molecular flexibility index (Phi) is 5.14. The number of nitrogens with one attached hydrogen (secondary N) is 1. The minimum absolute atomic E-state index is 0.387. The lowest BCUT2D eigenvalue weighted by Gasteiger charge is -2.21. The second-order valence-electron chi connectivity index (χ2n) is 5.59. The Balaban J connectivity index is 2.19. The van der Waals surface area contributed by atoms with Crippen molar-refractivity contribution in [2.45, 2.75) is 52.5 Å². The molecule has 1 aromatic rings. The SMILES string of the molecule is CCCNCc1nc(C(C)C)ncc1N1CCCC1. The van der Waals surface area contributed by atoms with Crippen molar-refractivity contribution >= 4 is 5.69 Å². The van der Waals surface area contributed by atoms with E-state index in [0.717, 1.165) is 44.1 Å². The van der Waals surface area contributed by atoms with E-state index in [2.05, 4.69) is 36.0 Å². The van der Waals surface area contributed by atoms with Gasteiger partial charge >= 0.3 is 0 Å². The minimum atomic E-state index is 0.387. The van der Waals surface area contributed by atoms with Crippen LogP contribution in [0.3, 0.4) is 0 Å². The zero-order valence-electron chi connectivity index (χ0n) is 12.4. The fraction of sp³-hybridized carbons (Fsp3) is 0.733. The monoisotopic (exact) mass is 262 g/mol. The molecule has 4 nitrogen and oxygen atoms in total. The Bertz CT molecular complexity index is 397. The molecule has 1 aromatic heterocycles. The first kappa shape index (κ1) is 14.3. The summed E-state index contributed by atoms with van der Waals surface area (Å²) in [5.41, 5.74) is 2.39. The highest BCUT2D eigenvalue weighted by Gasteiger charge is 2.18. The van der Waals surface area contributed by atoms with Gasteiger partial charge in [-0.15, -0.1) is 0 Å². The van der Waals surface area contributed by atoms with E-state index in [1.54, 1.807) is 0 Å². The number of nitrogens with zero attached hydrogens (tertiary/aromatic N) is 3. The Morgan fingerprint density at radius 3 is 2.68 bits per heavy atom. The smallest absolute Gasteiger partial charge is 0.131 e. The fourth-order valence-corrected chi connectivity index (χ4v) is 2.44. The third-order valence-corrected chi connectivity index (χ3v) is 3.55. The van der Waals surface area contributed by atoms with E-state index < -0.39 is 0 Å². The van der Waals surface area contributed by atoms with Gasteiger partial charge in [0.1, 0.15) is 5.82 Å². The topological polar surface area (TPSA) is 41.1 Å². The van der Waals surface area contributed by atoms with Crippen molar-refractivity contribution in [1.82, 2.24) is 15.3 Å². The highest BCUT2D eigenvalue weighted by molar-refractivity contribution is 5.49. The molecule has 106 valence electrons. The van der Waals surface area contributed by atoms with Crippen LogP contribution < -0.4 is 10.2 Å². The number of aromatic nitrogens is 2. The third kappa shape index (κ3) is 3.66. The van der Waals surface area contributed by atoms with Crippen LogP contribution in [0, 0.1) is 0 Å². The van der Waals surface area contributed by atoms with Crippen molar-refractivity contribution in [2.75, 3.05) is 24.5 Å². The van der Waals surface area contributed by atoms with E-state index in [-0.39, 0.29) is 0 Å². The maximum Gasteiger partial charge on any atom is 0.131 e. The van der Waals surface area contributed by atoms with Crippen molar-refractivity contribution in [3.63, 3.8) is 0 Å². The van der Waals surface area contributed by atoms with Gasteiger partial charge in [-0.05, 0) is 25.8 Å². The van der Waals surface area contributed by atoms with Crippen LogP contribution in [0.1, 0.15) is 57.5 Å². The average molecular weight is 262 g/mol. The first-order valence-electron chi connectivity index (χ1n) is 7.53. The minimum Gasteiger partial charge on any atom is -0.369 e. The predicted octanol–water partition coefficient (Wildman–Crippen LogP) is 2.70. The Labute approximate surface area is 116 Å². The lowest BCUT2D eigenvalue weighted by atomic mass is 10.2. The van der Waals surface area contributed by atoms with Crippen LogP contribution in [0.15, 0.2) is 6.20 Å². The molecule has 0 aliphatic carbocycles. The number of rotatable bonds is 6. The molecule has 4 heteroatoms. The Morgan fingerprint density at radius 2 is 2.05 bits per heavy atom. The van der Waals surface area contributed by atoms with Gasteiger partial charge in [0.05, 0.1) is 17.6 Å². The molecule has 0 aromatic carbocycles. The summed E-state index contributed by atoms with van der Waals surface area (Å²) in [7, 11) is 0. The Morgan fingerprint density at radius 1 is 1.32 bits per heavy atom. The quantitative estimate of drug-likeness (QED) is 0.800. The van der Waals surface area contributed by atoms with Gasteiger partial charge in [0.15, 0.2) is 0 Å². The van der Waals surface area contributed by atoms with Gasteiger partial charge in [-0.25, -0.2) is 9.97 Å².